The van der Waals surface area contributed by atoms with Crippen LogP contribution in [0.15, 0.2) is 64.4 Å². The minimum atomic E-state index is -0.999. The molecule has 10 heteroatoms. The number of carbonyl (C=O) groups excluding carboxylic acids is 1. The molecule has 1 aromatic heterocycles. The van der Waals surface area contributed by atoms with Gasteiger partial charge in [-0.2, -0.15) is 0 Å². The summed E-state index contributed by atoms with van der Waals surface area (Å²) in [7, 11) is 0. The van der Waals surface area contributed by atoms with Gasteiger partial charge in [-0.05, 0) is 24.1 Å². The van der Waals surface area contributed by atoms with Crippen molar-refractivity contribution >= 4 is 17.7 Å². The number of aromatic nitrogens is 1. The Morgan fingerprint density at radius 2 is 2.00 bits per heavy atom. The number of thioether (sulfide) groups is 1. The zero-order chi connectivity index (χ0) is 25.8. The molecule has 190 valence electrons. The van der Waals surface area contributed by atoms with Crippen LogP contribution in [0, 0.1) is 11.6 Å². The van der Waals surface area contributed by atoms with E-state index in [1.807, 2.05) is 37.3 Å². The van der Waals surface area contributed by atoms with Crippen LogP contribution in [0.3, 0.4) is 0 Å². The highest BCUT2D eigenvalue weighted by atomic mass is 32.2. The molecule has 0 radical (unpaired) electrons. The van der Waals surface area contributed by atoms with Crippen molar-refractivity contribution in [2.75, 3.05) is 18.3 Å². The summed E-state index contributed by atoms with van der Waals surface area (Å²) < 4.78 is 37.7. The quantitative estimate of drug-likeness (QED) is 0.480. The Morgan fingerprint density at radius 3 is 2.81 bits per heavy atom. The van der Waals surface area contributed by atoms with Crippen molar-refractivity contribution in [1.82, 2.24) is 9.58 Å². The second-order valence-electron chi connectivity index (χ2n) is 9.08. The van der Waals surface area contributed by atoms with Gasteiger partial charge in [0.1, 0.15) is 25.1 Å². The molecular formula is C27H23F2N3O4S. The Labute approximate surface area is 215 Å². The van der Waals surface area contributed by atoms with Crippen molar-refractivity contribution < 1.29 is 23.4 Å². The third-order valence-electron chi connectivity index (χ3n) is 7.08. The fourth-order valence-electron chi connectivity index (χ4n) is 5.31. The minimum absolute atomic E-state index is 0.0680. The van der Waals surface area contributed by atoms with Gasteiger partial charge in [0.05, 0.1) is 6.04 Å². The Hall–Kier alpha value is -3.79. The maximum Gasteiger partial charge on any atom is 0.278 e. The lowest BCUT2D eigenvalue weighted by molar-refractivity contribution is 0.0625. The molecule has 2 atom stereocenters. The molecule has 0 aliphatic carbocycles. The van der Waals surface area contributed by atoms with E-state index in [4.69, 9.17) is 4.74 Å². The second kappa shape index (κ2) is 8.95. The molecule has 0 fully saturated rings. The van der Waals surface area contributed by atoms with Gasteiger partial charge in [-0.15, -0.1) is 11.8 Å². The maximum atomic E-state index is 15.4. The van der Waals surface area contributed by atoms with Crippen LogP contribution in [0.25, 0.3) is 0 Å². The van der Waals surface area contributed by atoms with Crippen LogP contribution in [-0.2, 0) is 5.75 Å². The molecule has 7 nitrogen and oxygen atoms in total. The predicted molar refractivity (Wildman–Crippen MR) is 135 cm³/mol. The molecule has 37 heavy (non-hydrogen) atoms. The van der Waals surface area contributed by atoms with Crippen LogP contribution in [0.2, 0.25) is 0 Å². The number of fused-ring (bicyclic) bond motifs is 7. The third kappa shape index (κ3) is 3.61. The predicted octanol–water partition coefficient (Wildman–Crippen LogP) is 4.31. The van der Waals surface area contributed by atoms with Gasteiger partial charge in [-0.3, -0.25) is 19.3 Å². The molecule has 3 aliphatic rings. The van der Waals surface area contributed by atoms with Crippen molar-refractivity contribution in [1.29, 1.82) is 0 Å². The highest BCUT2D eigenvalue weighted by molar-refractivity contribution is 7.98. The minimum Gasteiger partial charge on any atom is -0.502 e. The number of amides is 1. The number of rotatable bonds is 1. The molecule has 6 rings (SSSR count). The summed E-state index contributed by atoms with van der Waals surface area (Å²) in [6, 6.07) is 8.73. The van der Waals surface area contributed by atoms with Crippen LogP contribution in [-0.4, -0.2) is 39.9 Å². The number of aromatic hydroxyl groups is 1. The van der Waals surface area contributed by atoms with E-state index in [0.717, 1.165) is 16.5 Å². The van der Waals surface area contributed by atoms with Crippen molar-refractivity contribution in [2.45, 2.75) is 36.1 Å². The largest absolute Gasteiger partial charge is 0.502 e. The number of carbonyl (C=O) groups is 1. The van der Waals surface area contributed by atoms with E-state index in [9.17, 15) is 19.1 Å². The number of hydrogen-bond donors (Lipinski definition) is 1. The Kier molecular flexibility index (Phi) is 5.71. The van der Waals surface area contributed by atoms with E-state index in [-0.39, 0.29) is 42.1 Å². The Balaban J connectivity index is 1.72. The molecule has 4 heterocycles. The summed E-state index contributed by atoms with van der Waals surface area (Å²) in [6.07, 6.45) is 5.56. The van der Waals surface area contributed by atoms with Crippen LogP contribution >= 0.6 is 11.8 Å². The molecule has 0 spiro atoms. The van der Waals surface area contributed by atoms with Crippen LogP contribution < -0.4 is 15.2 Å². The lowest BCUT2D eigenvalue weighted by Gasteiger charge is -2.46. The number of hydrogen-bond acceptors (Lipinski definition) is 6. The average molecular weight is 524 g/mol. The molecule has 0 unspecified atom stereocenters. The first kappa shape index (κ1) is 23.6. The van der Waals surface area contributed by atoms with Gasteiger partial charge in [0.15, 0.2) is 23.1 Å². The second-order valence-corrected chi connectivity index (χ2v) is 10.1. The summed E-state index contributed by atoms with van der Waals surface area (Å²) >= 11 is 1.39. The van der Waals surface area contributed by atoms with Crippen LogP contribution in [0.4, 0.5) is 8.78 Å². The van der Waals surface area contributed by atoms with Crippen molar-refractivity contribution in [2.24, 2.45) is 0 Å². The highest BCUT2D eigenvalue weighted by Gasteiger charge is 2.42. The van der Waals surface area contributed by atoms with Gasteiger partial charge in [0, 0.05) is 40.1 Å². The SMILES string of the molecule is CC[C@@H]1/C=C/COc2cc(F)c(F)c3c2[C@H](c2ccccc2SC3)N2CN1C(=O)c1c(O)c(=O)ccn12. The Bertz CT molecular complexity index is 1520. The summed E-state index contributed by atoms with van der Waals surface area (Å²) in [5.41, 5.74) is 0.570. The van der Waals surface area contributed by atoms with E-state index in [1.54, 1.807) is 16.0 Å². The normalized spacial score (nSPS) is 21.1. The van der Waals surface area contributed by atoms with Gasteiger partial charge in [0.25, 0.3) is 5.91 Å². The Morgan fingerprint density at radius 1 is 1.19 bits per heavy atom. The van der Waals surface area contributed by atoms with E-state index in [0.29, 0.717) is 12.0 Å². The molecule has 1 N–H and O–H groups in total. The van der Waals surface area contributed by atoms with E-state index in [1.165, 1.54) is 28.7 Å². The number of benzene rings is 2. The first-order valence-electron chi connectivity index (χ1n) is 11.9. The lowest BCUT2D eigenvalue weighted by Crippen LogP contribution is -2.57. The van der Waals surface area contributed by atoms with Gasteiger partial charge in [-0.1, -0.05) is 31.2 Å². The fraction of sp³-hybridized carbons (Fsp3) is 0.259. The molecule has 1 amide bonds. The van der Waals surface area contributed by atoms with Crippen molar-refractivity contribution in [3.63, 3.8) is 0 Å². The smallest absolute Gasteiger partial charge is 0.278 e. The molecular weight excluding hydrogens is 500 g/mol. The molecule has 0 saturated carbocycles. The zero-order valence-electron chi connectivity index (χ0n) is 19.9. The highest BCUT2D eigenvalue weighted by Crippen LogP contribution is 2.47. The number of nitrogens with zero attached hydrogens (tertiary/aromatic N) is 3. The molecule has 2 aromatic carbocycles. The fourth-order valence-corrected chi connectivity index (χ4v) is 6.41. The molecule has 3 aliphatic heterocycles. The third-order valence-corrected chi connectivity index (χ3v) is 8.20. The number of ether oxygens (including phenoxy) is 1. The lowest BCUT2D eigenvalue weighted by atomic mass is 9.92. The summed E-state index contributed by atoms with van der Waals surface area (Å²) in [4.78, 5) is 28.5. The maximum absolute atomic E-state index is 15.4. The van der Waals surface area contributed by atoms with E-state index >= 15 is 4.39 Å². The monoisotopic (exact) mass is 523 g/mol. The van der Waals surface area contributed by atoms with Crippen LogP contribution in [0.5, 0.6) is 11.5 Å². The topological polar surface area (TPSA) is 75.0 Å². The first-order chi connectivity index (χ1) is 17.9. The first-order valence-corrected chi connectivity index (χ1v) is 12.9. The molecule has 2 bridgehead atoms. The van der Waals surface area contributed by atoms with E-state index < -0.39 is 34.8 Å². The molecule has 3 aromatic rings. The summed E-state index contributed by atoms with van der Waals surface area (Å²) in [5.74, 6) is -2.72. The van der Waals surface area contributed by atoms with Gasteiger partial charge >= 0.3 is 0 Å². The standard InChI is InChI=1S/C27H23F2N3O4S/c1-2-15-6-5-11-36-20-12-18(28)23(29)17-13-37-21-8-4-3-7-16(21)24(22(17)20)32-14-30(15)27(35)25-26(34)19(33)9-10-31(25)32/h3-10,12,15,24,34H,2,11,13-14H2,1H3/b6-5+/t15-,24+/m1/s1. The van der Waals surface area contributed by atoms with Crippen molar-refractivity contribution in [3.8, 4) is 11.5 Å². The number of pyridine rings is 1. The van der Waals surface area contributed by atoms with Crippen molar-refractivity contribution in [3.05, 3.63) is 99.0 Å². The summed E-state index contributed by atoms with van der Waals surface area (Å²) in [5, 5.41) is 12.6. The van der Waals surface area contributed by atoms with Gasteiger partial charge in [-0.25, -0.2) is 8.78 Å². The zero-order valence-corrected chi connectivity index (χ0v) is 20.7. The van der Waals surface area contributed by atoms with Crippen LogP contribution in [0.1, 0.15) is 46.6 Å². The van der Waals surface area contributed by atoms with Gasteiger partial charge in [0.2, 0.25) is 5.43 Å². The van der Waals surface area contributed by atoms with E-state index in [2.05, 4.69) is 0 Å². The average Bonchev–Trinajstić information content (AvgIpc) is 3.08. The number of halogens is 2. The molecule has 0 saturated heterocycles. The van der Waals surface area contributed by atoms with Gasteiger partial charge < -0.3 is 14.7 Å². The summed E-state index contributed by atoms with van der Waals surface area (Å²) in [6.45, 7) is 2.08.